The smallest absolute Gasteiger partial charge is 0.139 e. The third-order valence-corrected chi connectivity index (χ3v) is 8.88. The summed E-state index contributed by atoms with van der Waals surface area (Å²) in [7, 11) is 1.71. The van der Waals surface area contributed by atoms with Crippen LogP contribution in [0.5, 0.6) is 5.75 Å². The summed E-state index contributed by atoms with van der Waals surface area (Å²) in [6.45, 7) is 8.60. The fraction of sp³-hybridized carbons (Fsp3) is 0.364. The SMILES string of the molecule is CCC1(C2=NC(C)=C(c3ccc(OC)cc3)C2)CCN(c2ncnc3c2C=C(c2ccc(C)cc2)C3)CC1. The quantitative estimate of drug-likeness (QED) is 0.357. The van der Waals surface area contributed by atoms with E-state index in [2.05, 4.69) is 73.1 Å². The monoisotopic (exact) mass is 504 g/mol. The molecule has 3 aromatic rings. The van der Waals surface area contributed by atoms with Gasteiger partial charge in [-0.1, -0.05) is 48.9 Å². The number of ether oxygens (including phenoxy) is 1. The van der Waals surface area contributed by atoms with Crippen molar-refractivity contribution in [3.8, 4) is 5.75 Å². The Labute approximate surface area is 226 Å². The number of piperidine rings is 1. The van der Waals surface area contributed by atoms with Gasteiger partial charge in [0.05, 0.1) is 12.8 Å². The number of methoxy groups -OCH3 is 1. The van der Waals surface area contributed by atoms with Crippen molar-refractivity contribution < 1.29 is 4.74 Å². The second-order valence-corrected chi connectivity index (χ2v) is 10.9. The Morgan fingerprint density at radius 2 is 1.61 bits per heavy atom. The predicted octanol–water partition coefficient (Wildman–Crippen LogP) is 7.16. The van der Waals surface area contributed by atoms with Crippen molar-refractivity contribution in [2.24, 2.45) is 10.4 Å². The lowest BCUT2D eigenvalue weighted by Gasteiger charge is -2.42. The average Bonchev–Trinajstić information content (AvgIpc) is 3.58. The maximum absolute atomic E-state index is 5.35. The summed E-state index contributed by atoms with van der Waals surface area (Å²) in [5.41, 5.74) is 11.5. The zero-order valence-electron chi connectivity index (χ0n) is 22.9. The number of hydrogen-bond acceptors (Lipinski definition) is 5. The van der Waals surface area contributed by atoms with Crippen LogP contribution in [-0.2, 0) is 6.42 Å². The van der Waals surface area contributed by atoms with E-state index in [0.29, 0.717) is 0 Å². The van der Waals surface area contributed by atoms with Crippen molar-refractivity contribution in [3.63, 3.8) is 0 Å². The number of aliphatic imine (C=N–C) groups is 1. The average molecular weight is 505 g/mol. The first kappa shape index (κ1) is 24.6. The summed E-state index contributed by atoms with van der Waals surface area (Å²) in [5.74, 6) is 1.98. The topological polar surface area (TPSA) is 50.6 Å². The molecule has 1 fully saturated rings. The number of benzene rings is 2. The molecular formula is C33H36N4O. The molecule has 0 unspecified atom stereocenters. The van der Waals surface area contributed by atoms with E-state index in [0.717, 1.165) is 68.2 Å². The van der Waals surface area contributed by atoms with Crippen molar-refractivity contribution >= 4 is 28.8 Å². The van der Waals surface area contributed by atoms with Gasteiger partial charge in [-0.25, -0.2) is 9.97 Å². The predicted molar refractivity (Wildman–Crippen MR) is 157 cm³/mol. The van der Waals surface area contributed by atoms with Gasteiger partial charge in [-0.3, -0.25) is 4.99 Å². The molecule has 3 heterocycles. The summed E-state index contributed by atoms with van der Waals surface area (Å²) in [5, 5.41) is 0. The lowest BCUT2D eigenvalue weighted by molar-refractivity contribution is 0.308. The van der Waals surface area contributed by atoms with Crippen LogP contribution >= 0.6 is 0 Å². The number of allylic oxidation sites excluding steroid dienone is 3. The molecule has 0 saturated carbocycles. The van der Waals surface area contributed by atoms with Gasteiger partial charge in [-0.05, 0) is 73.6 Å². The van der Waals surface area contributed by atoms with Crippen molar-refractivity contribution in [1.82, 2.24) is 9.97 Å². The van der Waals surface area contributed by atoms with Gasteiger partial charge < -0.3 is 9.64 Å². The Bertz CT molecular complexity index is 1440. The fourth-order valence-corrected chi connectivity index (χ4v) is 6.33. The number of fused-ring (bicyclic) bond motifs is 1. The third kappa shape index (κ3) is 4.34. The van der Waals surface area contributed by atoms with E-state index in [4.69, 9.17) is 14.7 Å². The third-order valence-electron chi connectivity index (χ3n) is 8.88. The van der Waals surface area contributed by atoms with E-state index in [9.17, 15) is 0 Å². The van der Waals surface area contributed by atoms with E-state index in [1.54, 1.807) is 13.4 Å². The van der Waals surface area contributed by atoms with Crippen LogP contribution in [0.25, 0.3) is 17.2 Å². The fourth-order valence-electron chi connectivity index (χ4n) is 6.33. The molecule has 0 atom stereocenters. The number of aryl methyl sites for hydroxylation is 1. The summed E-state index contributed by atoms with van der Waals surface area (Å²) in [4.78, 5) is 17.1. The van der Waals surface area contributed by atoms with Gasteiger partial charge in [0, 0.05) is 48.3 Å². The highest BCUT2D eigenvalue weighted by atomic mass is 16.5. The summed E-state index contributed by atoms with van der Waals surface area (Å²) < 4.78 is 5.35. The minimum Gasteiger partial charge on any atom is -0.497 e. The standard InChI is InChI=1S/C33H36N4O/c1-5-33(31-20-28(23(3)36-31)25-10-12-27(38-4)13-11-25)14-16-37(17-15-33)32-29-18-26(19-30(29)34-21-35-32)24-8-6-22(2)7-9-24/h6-13,18,21H,5,14-17,19-20H2,1-4H3. The first-order chi connectivity index (χ1) is 18.5. The zero-order valence-corrected chi connectivity index (χ0v) is 22.9. The molecule has 38 heavy (non-hydrogen) atoms. The van der Waals surface area contributed by atoms with Crippen molar-refractivity contribution in [2.45, 2.75) is 52.9 Å². The molecule has 0 bridgehead atoms. The highest BCUT2D eigenvalue weighted by molar-refractivity contribution is 6.03. The van der Waals surface area contributed by atoms with Crippen LogP contribution in [0.2, 0.25) is 0 Å². The minimum absolute atomic E-state index is 0.144. The molecule has 1 saturated heterocycles. The van der Waals surface area contributed by atoms with E-state index < -0.39 is 0 Å². The molecule has 0 amide bonds. The summed E-state index contributed by atoms with van der Waals surface area (Å²) in [6, 6.07) is 17.2. The van der Waals surface area contributed by atoms with Crippen molar-refractivity contribution in [1.29, 1.82) is 0 Å². The molecule has 2 aromatic carbocycles. The molecule has 5 nitrogen and oxygen atoms in total. The lowest BCUT2D eigenvalue weighted by Crippen LogP contribution is -2.44. The maximum Gasteiger partial charge on any atom is 0.139 e. The Morgan fingerprint density at radius 3 is 2.29 bits per heavy atom. The molecule has 0 spiro atoms. The molecule has 1 aliphatic carbocycles. The molecule has 3 aliphatic rings. The molecule has 0 radical (unpaired) electrons. The Morgan fingerprint density at radius 1 is 0.895 bits per heavy atom. The molecule has 5 heteroatoms. The maximum atomic E-state index is 5.35. The van der Waals surface area contributed by atoms with Crippen LogP contribution in [0.15, 0.2) is 65.5 Å². The highest BCUT2D eigenvalue weighted by Gasteiger charge is 2.40. The normalized spacial score (nSPS) is 18.4. The summed E-state index contributed by atoms with van der Waals surface area (Å²) >= 11 is 0. The Hall–Kier alpha value is -3.73. The molecule has 0 N–H and O–H groups in total. The molecule has 1 aromatic heterocycles. The summed E-state index contributed by atoms with van der Waals surface area (Å²) in [6.07, 6.45) is 9.18. The highest BCUT2D eigenvalue weighted by Crippen LogP contribution is 2.45. The van der Waals surface area contributed by atoms with Gasteiger partial charge in [0.15, 0.2) is 0 Å². The first-order valence-corrected chi connectivity index (χ1v) is 13.8. The van der Waals surface area contributed by atoms with Gasteiger partial charge in [0.25, 0.3) is 0 Å². The van der Waals surface area contributed by atoms with Crippen molar-refractivity contribution in [2.75, 3.05) is 25.1 Å². The number of aromatic nitrogens is 2. The number of nitrogens with zero attached hydrogens (tertiary/aromatic N) is 4. The number of rotatable bonds is 6. The molecule has 2 aliphatic heterocycles. The van der Waals surface area contributed by atoms with E-state index in [-0.39, 0.29) is 5.41 Å². The largest absolute Gasteiger partial charge is 0.497 e. The first-order valence-electron chi connectivity index (χ1n) is 13.8. The van der Waals surface area contributed by atoms with Gasteiger partial charge in [-0.15, -0.1) is 0 Å². The van der Waals surface area contributed by atoms with Gasteiger partial charge >= 0.3 is 0 Å². The number of anilines is 1. The van der Waals surface area contributed by atoms with Crippen LogP contribution in [0.4, 0.5) is 5.82 Å². The second kappa shape index (κ2) is 9.86. The van der Waals surface area contributed by atoms with Crippen LogP contribution in [0, 0.1) is 12.3 Å². The molecular weight excluding hydrogens is 468 g/mol. The second-order valence-electron chi connectivity index (χ2n) is 10.9. The van der Waals surface area contributed by atoms with Crippen LogP contribution in [0.3, 0.4) is 0 Å². The Balaban J connectivity index is 1.19. The molecule has 6 rings (SSSR count). The minimum atomic E-state index is 0.144. The van der Waals surface area contributed by atoms with Gasteiger partial charge in [-0.2, -0.15) is 0 Å². The molecule has 194 valence electrons. The van der Waals surface area contributed by atoms with Gasteiger partial charge in [0.2, 0.25) is 0 Å². The zero-order chi connectivity index (χ0) is 26.3. The van der Waals surface area contributed by atoms with E-state index in [1.807, 2.05) is 12.1 Å². The van der Waals surface area contributed by atoms with Crippen LogP contribution in [-0.4, -0.2) is 35.9 Å². The van der Waals surface area contributed by atoms with Gasteiger partial charge in [0.1, 0.15) is 17.9 Å². The van der Waals surface area contributed by atoms with E-state index >= 15 is 0 Å². The number of hydrogen-bond donors (Lipinski definition) is 0. The van der Waals surface area contributed by atoms with Crippen LogP contribution in [0.1, 0.15) is 67.5 Å². The van der Waals surface area contributed by atoms with E-state index in [1.165, 1.54) is 39.1 Å². The van der Waals surface area contributed by atoms with Crippen molar-refractivity contribution in [3.05, 3.63) is 88.5 Å². The van der Waals surface area contributed by atoms with Crippen LogP contribution < -0.4 is 9.64 Å². The Kier molecular flexibility index (Phi) is 6.38. The lowest BCUT2D eigenvalue weighted by atomic mass is 9.71.